The second-order valence-corrected chi connectivity index (χ2v) is 4.37. The molecule has 0 aromatic heterocycles. The van der Waals surface area contributed by atoms with E-state index in [0.29, 0.717) is 6.92 Å². The molecule has 1 aromatic carbocycles. The van der Waals surface area contributed by atoms with E-state index in [0.717, 1.165) is 6.07 Å². The highest BCUT2D eigenvalue weighted by Crippen LogP contribution is 2.29. The summed E-state index contributed by atoms with van der Waals surface area (Å²) < 4.78 is 37.6. The monoisotopic (exact) mass is 291 g/mol. The van der Waals surface area contributed by atoms with Gasteiger partial charge in [-0.1, -0.05) is 11.6 Å². The first-order valence-corrected chi connectivity index (χ1v) is 5.34. The number of nitrogens with one attached hydrogen (secondary N) is 1. The third-order valence-corrected chi connectivity index (χ3v) is 2.73. The van der Waals surface area contributed by atoms with Gasteiger partial charge in [-0.05, 0) is 25.1 Å². The minimum Gasteiger partial charge on any atom is -0.324 e. The van der Waals surface area contributed by atoms with Gasteiger partial charge in [0.05, 0.1) is 10.6 Å². The molecule has 1 amide bonds. The molecule has 1 aromatic rings. The summed E-state index contributed by atoms with van der Waals surface area (Å²) in [6.07, 6.45) is -4.89. The fourth-order valence-corrected chi connectivity index (χ4v) is 1.24. The van der Waals surface area contributed by atoms with Crippen LogP contribution in [-0.2, 0) is 4.79 Å². The molecule has 0 radical (unpaired) electrons. The molecule has 0 heterocycles. The molecule has 0 bridgehead atoms. The molecule has 0 fully saturated rings. The van der Waals surface area contributed by atoms with Crippen molar-refractivity contribution >= 4 is 23.2 Å². The number of hydrogen-bond acceptors (Lipinski definition) is 3. The number of amides is 1. The highest BCUT2D eigenvalue weighted by Gasteiger charge is 2.53. The molecule has 1 rings (SSSR count). The summed E-state index contributed by atoms with van der Waals surface area (Å²) in [5, 5.41) is 10.8. The third-order valence-electron chi connectivity index (χ3n) is 2.41. The molecule has 1 unspecified atom stereocenters. The zero-order valence-corrected chi connectivity index (χ0v) is 10.4. The van der Waals surface area contributed by atoms with Gasteiger partial charge >= 0.3 is 6.18 Å². The van der Waals surface area contributed by atoms with Gasteiger partial charge in [0, 0.05) is 5.69 Å². The molecule has 1 atom stereocenters. The zero-order chi connectivity index (χ0) is 14.8. The average molecular weight is 292 g/mol. The Balaban J connectivity index is 2.99. The predicted molar refractivity (Wildman–Crippen MR) is 63.4 cm³/mol. The van der Waals surface area contributed by atoms with Crippen LogP contribution in [0.15, 0.2) is 18.2 Å². The molecule has 4 nitrogen and oxygen atoms in total. The summed E-state index contributed by atoms with van der Waals surface area (Å²) in [7, 11) is 0. The van der Waals surface area contributed by atoms with Crippen LogP contribution in [0.3, 0.4) is 0 Å². The van der Waals surface area contributed by atoms with E-state index < -0.39 is 17.6 Å². The Morgan fingerprint density at radius 2 is 2.05 bits per heavy atom. The first kappa shape index (κ1) is 15.3. The van der Waals surface area contributed by atoms with E-state index in [1.165, 1.54) is 12.1 Å². The third kappa shape index (κ3) is 3.16. The summed E-state index contributed by atoms with van der Waals surface area (Å²) in [5.74, 6) is -1.42. The smallest absolute Gasteiger partial charge is 0.324 e. The summed E-state index contributed by atoms with van der Waals surface area (Å²) in [6.45, 7) is 0.559. The number of nitrogens with two attached hydrogens (primary N) is 1. The van der Waals surface area contributed by atoms with Crippen molar-refractivity contribution in [2.24, 2.45) is 5.73 Å². The largest absolute Gasteiger partial charge is 0.415 e. The Morgan fingerprint density at radius 1 is 1.47 bits per heavy atom. The van der Waals surface area contributed by atoms with E-state index in [2.05, 4.69) is 0 Å². The summed E-state index contributed by atoms with van der Waals surface area (Å²) in [5.41, 5.74) is 1.97. The number of anilines is 1. The van der Waals surface area contributed by atoms with Gasteiger partial charge in [0.15, 0.2) is 5.54 Å². The van der Waals surface area contributed by atoms with Gasteiger partial charge in [0.25, 0.3) is 5.91 Å². The summed E-state index contributed by atoms with van der Waals surface area (Å²) in [6, 6.07) is 5.46. The SMILES string of the molecule is CC(N)(C(=O)Nc1ccc(Cl)c(C#N)c1)C(F)(F)F. The number of halogens is 4. The van der Waals surface area contributed by atoms with Crippen LogP contribution in [0.4, 0.5) is 18.9 Å². The van der Waals surface area contributed by atoms with E-state index in [1.54, 1.807) is 6.07 Å². The van der Waals surface area contributed by atoms with Gasteiger partial charge in [-0.15, -0.1) is 0 Å². The molecule has 8 heteroatoms. The quantitative estimate of drug-likeness (QED) is 0.878. The van der Waals surface area contributed by atoms with Crippen molar-refractivity contribution in [2.45, 2.75) is 18.6 Å². The average Bonchev–Trinajstić information content (AvgIpc) is 2.30. The van der Waals surface area contributed by atoms with E-state index >= 15 is 0 Å². The van der Waals surface area contributed by atoms with Crippen LogP contribution in [-0.4, -0.2) is 17.6 Å². The number of alkyl halides is 3. The lowest BCUT2D eigenvalue weighted by Crippen LogP contribution is -2.59. The topological polar surface area (TPSA) is 78.9 Å². The van der Waals surface area contributed by atoms with Crippen molar-refractivity contribution < 1.29 is 18.0 Å². The number of rotatable bonds is 2. The van der Waals surface area contributed by atoms with Crippen molar-refractivity contribution in [2.75, 3.05) is 5.32 Å². The van der Waals surface area contributed by atoms with E-state index in [1.807, 2.05) is 5.32 Å². The number of carbonyl (C=O) groups excluding carboxylic acids is 1. The molecular formula is C11H9ClF3N3O. The highest BCUT2D eigenvalue weighted by atomic mass is 35.5. The molecule has 3 N–H and O–H groups in total. The number of nitriles is 1. The Hall–Kier alpha value is -1.78. The Morgan fingerprint density at radius 3 is 2.53 bits per heavy atom. The summed E-state index contributed by atoms with van der Waals surface area (Å²) in [4.78, 5) is 11.5. The van der Waals surface area contributed by atoms with Crippen molar-refractivity contribution in [3.05, 3.63) is 28.8 Å². The highest BCUT2D eigenvalue weighted by molar-refractivity contribution is 6.31. The fraction of sp³-hybridized carbons (Fsp3) is 0.273. The molecule has 0 spiro atoms. The lowest BCUT2D eigenvalue weighted by atomic mass is 10.0. The molecule has 0 saturated carbocycles. The maximum Gasteiger partial charge on any atom is 0.415 e. The Kier molecular flexibility index (Phi) is 4.08. The zero-order valence-electron chi connectivity index (χ0n) is 9.68. The summed E-state index contributed by atoms with van der Waals surface area (Å²) >= 11 is 5.66. The second kappa shape index (κ2) is 5.07. The molecule has 102 valence electrons. The van der Waals surface area contributed by atoms with Crippen molar-refractivity contribution in [1.82, 2.24) is 0 Å². The van der Waals surface area contributed by atoms with Gasteiger partial charge in [-0.25, -0.2) is 0 Å². The molecule has 0 aliphatic heterocycles. The standard InChI is InChI=1S/C11H9ClF3N3O/c1-10(17,11(13,14)15)9(19)18-7-2-3-8(12)6(4-7)5-16/h2-4H,17H2,1H3,(H,18,19). The van der Waals surface area contributed by atoms with Crippen molar-refractivity contribution in [3.8, 4) is 6.07 Å². The molecular weight excluding hydrogens is 283 g/mol. The maximum absolute atomic E-state index is 12.5. The number of benzene rings is 1. The molecule has 0 saturated heterocycles. The Labute approximate surface area is 111 Å². The predicted octanol–water partition coefficient (Wildman–Crippen LogP) is 2.43. The van der Waals surface area contributed by atoms with Crippen LogP contribution in [0.25, 0.3) is 0 Å². The molecule has 19 heavy (non-hydrogen) atoms. The van der Waals surface area contributed by atoms with Gasteiger partial charge in [-0.3, -0.25) is 4.79 Å². The van der Waals surface area contributed by atoms with Crippen LogP contribution in [0, 0.1) is 11.3 Å². The van der Waals surface area contributed by atoms with Gasteiger partial charge in [0.1, 0.15) is 6.07 Å². The number of hydrogen-bond donors (Lipinski definition) is 2. The first-order chi connectivity index (χ1) is 8.59. The molecule has 0 aliphatic carbocycles. The second-order valence-electron chi connectivity index (χ2n) is 3.96. The van der Waals surface area contributed by atoms with Gasteiger partial charge in [0.2, 0.25) is 0 Å². The van der Waals surface area contributed by atoms with Crippen LogP contribution < -0.4 is 11.1 Å². The minimum atomic E-state index is -4.89. The van der Waals surface area contributed by atoms with Crippen LogP contribution in [0.5, 0.6) is 0 Å². The van der Waals surface area contributed by atoms with Gasteiger partial charge in [-0.2, -0.15) is 18.4 Å². The minimum absolute atomic E-state index is 0.00637. The van der Waals surface area contributed by atoms with E-state index in [-0.39, 0.29) is 16.3 Å². The first-order valence-electron chi connectivity index (χ1n) is 4.96. The lowest BCUT2D eigenvalue weighted by molar-refractivity contribution is -0.184. The van der Waals surface area contributed by atoms with Gasteiger partial charge < -0.3 is 11.1 Å². The maximum atomic E-state index is 12.5. The van der Waals surface area contributed by atoms with E-state index in [4.69, 9.17) is 22.6 Å². The fourth-order valence-electron chi connectivity index (χ4n) is 1.08. The van der Waals surface area contributed by atoms with Crippen molar-refractivity contribution in [3.63, 3.8) is 0 Å². The van der Waals surface area contributed by atoms with Crippen LogP contribution in [0.2, 0.25) is 5.02 Å². The normalized spacial score (nSPS) is 14.4. The van der Waals surface area contributed by atoms with Crippen molar-refractivity contribution in [1.29, 1.82) is 5.26 Å². The van der Waals surface area contributed by atoms with E-state index in [9.17, 15) is 18.0 Å². The van der Waals surface area contributed by atoms with Crippen LogP contribution in [0.1, 0.15) is 12.5 Å². The number of carbonyl (C=O) groups is 1. The number of nitrogens with zero attached hydrogens (tertiary/aromatic N) is 1. The lowest BCUT2D eigenvalue weighted by Gasteiger charge is -2.26. The molecule has 0 aliphatic rings. The Bertz CT molecular complexity index is 549. The van der Waals surface area contributed by atoms with Crippen LogP contribution >= 0.6 is 11.6 Å².